The fourth-order valence-electron chi connectivity index (χ4n) is 1.34. The first-order valence-corrected chi connectivity index (χ1v) is 6.75. The van der Waals surface area contributed by atoms with Gasteiger partial charge in [0.25, 0.3) is 0 Å². The summed E-state index contributed by atoms with van der Waals surface area (Å²) in [6.45, 7) is 0. The van der Waals surface area contributed by atoms with Crippen LogP contribution >= 0.6 is 23.4 Å². The van der Waals surface area contributed by atoms with E-state index < -0.39 is 12.0 Å². The average molecular weight is 273 g/mol. The normalized spacial score (nSPS) is 16.8. The third kappa shape index (κ3) is 4.18. The van der Waals surface area contributed by atoms with Crippen molar-refractivity contribution in [1.82, 2.24) is 10.3 Å². The molecule has 92 valence electrons. The number of aromatic nitrogens is 1. The van der Waals surface area contributed by atoms with Gasteiger partial charge in [-0.15, -0.1) is 11.8 Å². The van der Waals surface area contributed by atoms with E-state index in [9.17, 15) is 4.79 Å². The largest absolute Gasteiger partial charge is 0.480 e. The first-order chi connectivity index (χ1) is 8.15. The van der Waals surface area contributed by atoms with E-state index in [4.69, 9.17) is 16.7 Å². The molecule has 0 aliphatic heterocycles. The summed E-state index contributed by atoms with van der Waals surface area (Å²) < 4.78 is 0. The molecule has 0 bridgehead atoms. The van der Waals surface area contributed by atoms with Crippen LogP contribution in [0, 0.1) is 0 Å². The van der Waals surface area contributed by atoms with Gasteiger partial charge in [-0.1, -0.05) is 11.6 Å². The highest BCUT2D eigenvalue weighted by Gasteiger charge is 2.28. The molecule has 1 atom stereocenters. The van der Waals surface area contributed by atoms with Gasteiger partial charge in [-0.25, -0.2) is 4.98 Å². The van der Waals surface area contributed by atoms with Crippen LogP contribution in [0.4, 0.5) is 0 Å². The Morgan fingerprint density at radius 2 is 2.41 bits per heavy atom. The number of aliphatic carboxylic acids is 1. The predicted molar refractivity (Wildman–Crippen MR) is 67.6 cm³/mol. The zero-order chi connectivity index (χ0) is 12.3. The first-order valence-electron chi connectivity index (χ1n) is 5.38. The fraction of sp³-hybridized carbons (Fsp3) is 0.455. The van der Waals surface area contributed by atoms with Gasteiger partial charge in [-0.05, 0) is 25.0 Å². The summed E-state index contributed by atoms with van der Waals surface area (Å²) in [5.74, 6) is -0.334. The molecule has 1 aliphatic carbocycles. The summed E-state index contributed by atoms with van der Waals surface area (Å²) in [6.07, 6.45) is 3.72. The van der Waals surface area contributed by atoms with Crippen molar-refractivity contribution < 1.29 is 9.90 Å². The van der Waals surface area contributed by atoms with Crippen LogP contribution in [0.3, 0.4) is 0 Å². The van der Waals surface area contributed by atoms with Crippen LogP contribution in [0.2, 0.25) is 5.02 Å². The maximum atomic E-state index is 11.0. The van der Waals surface area contributed by atoms with Crippen LogP contribution in [0.5, 0.6) is 0 Å². The molecule has 0 aromatic carbocycles. The Morgan fingerprint density at radius 3 is 2.94 bits per heavy atom. The quantitative estimate of drug-likeness (QED) is 0.776. The molecular weight excluding hydrogens is 260 g/mol. The minimum atomic E-state index is -0.807. The molecule has 1 aliphatic rings. The van der Waals surface area contributed by atoms with Gasteiger partial charge in [-0.3, -0.25) is 4.79 Å². The molecule has 4 nitrogen and oxygen atoms in total. The molecule has 1 heterocycles. The van der Waals surface area contributed by atoms with E-state index in [1.807, 2.05) is 0 Å². The van der Waals surface area contributed by atoms with Crippen LogP contribution in [0.15, 0.2) is 23.4 Å². The first kappa shape index (κ1) is 12.7. The number of carboxylic acid groups (broad SMARTS) is 1. The second-order valence-corrected chi connectivity index (χ2v) is 5.43. The van der Waals surface area contributed by atoms with Gasteiger partial charge >= 0.3 is 5.97 Å². The Kier molecular flexibility index (Phi) is 4.25. The highest BCUT2D eigenvalue weighted by Crippen LogP contribution is 2.22. The van der Waals surface area contributed by atoms with Crippen molar-refractivity contribution in [3.8, 4) is 0 Å². The number of carbonyl (C=O) groups is 1. The topological polar surface area (TPSA) is 62.2 Å². The van der Waals surface area contributed by atoms with Gasteiger partial charge in [0.15, 0.2) is 0 Å². The molecule has 0 saturated heterocycles. The average Bonchev–Trinajstić information content (AvgIpc) is 3.10. The molecule has 0 radical (unpaired) electrons. The van der Waals surface area contributed by atoms with Crippen LogP contribution in [0.1, 0.15) is 12.8 Å². The van der Waals surface area contributed by atoms with Crippen molar-refractivity contribution in [3.05, 3.63) is 23.4 Å². The lowest BCUT2D eigenvalue weighted by Crippen LogP contribution is -2.40. The molecular formula is C11H13ClN2O2S. The third-order valence-corrected chi connectivity index (χ3v) is 3.67. The van der Waals surface area contributed by atoms with Gasteiger partial charge in [-0.2, -0.15) is 0 Å². The highest BCUT2D eigenvalue weighted by atomic mass is 35.5. The molecule has 17 heavy (non-hydrogen) atoms. The number of hydrogen-bond donors (Lipinski definition) is 2. The Hall–Kier alpha value is -0.780. The van der Waals surface area contributed by atoms with E-state index in [0.29, 0.717) is 16.8 Å². The van der Waals surface area contributed by atoms with Crippen LogP contribution in [-0.2, 0) is 4.79 Å². The zero-order valence-electron chi connectivity index (χ0n) is 9.10. The van der Waals surface area contributed by atoms with Crippen LogP contribution in [-0.4, -0.2) is 33.9 Å². The summed E-state index contributed by atoms with van der Waals surface area (Å²) in [4.78, 5) is 15.1. The van der Waals surface area contributed by atoms with Crippen molar-refractivity contribution in [2.75, 3.05) is 5.75 Å². The summed E-state index contributed by atoms with van der Waals surface area (Å²) in [5.41, 5.74) is 0. The van der Waals surface area contributed by atoms with Crippen molar-refractivity contribution >= 4 is 29.3 Å². The minimum absolute atomic E-state index is 0.384. The monoisotopic (exact) mass is 272 g/mol. The van der Waals surface area contributed by atoms with Crippen molar-refractivity contribution in [2.24, 2.45) is 0 Å². The van der Waals surface area contributed by atoms with Crippen LogP contribution < -0.4 is 5.32 Å². The summed E-state index contributed by atoms with van der Waals surface area (Å²) in [7, 11) is 0. The lowest BCUT2D eigenvalue weighted by atomic mass is 10.3. The molecule has 1 aromatic heterocycles. The third-order valence-electron chi connectivity index (χ3n) is 2.41. The van der Waals surface area contributed by atoms with Gasteiger partial charge < -0.3 is 10.4 Å². The van der Waals surface area contributed by atoms with E-state index in [1.54, 1.807) is 18.3 Å². The molecule has 0 amide bonds. The molecule has 2 N–H and O–H groups in total. The van der Waals surface area contributed by atoms with Crippen LogP contribution in [0.25, 0.3) is 0 Å². The Balaban J connectivity index is 1.85. The molecule has 1 saturated carbocycles. The lowest BCUT2D eigenvalue weighted by molar-refractivity contribution is -0.138. The number of pyridine rings is 1. The minimum Gasteiger partial charge on any atom is -0.480 e. The van der Waals surface area contributed by atoms with E-state index >= 15 is 0 Å². The Labute approximate surface area is 109 Å². The fourth-order valence-corrected chi connectivity index (χ4v) is 2.32. The Morgan fingerprint density at radius 1 is 1.65 bits per heavy atom. The number of thioether (sulfide) groups is 1. The van der Waals surface area contributed by atoms with E-state index in [1.165, 1.54) is 11.8 Å². The maximum absolute atomic E-state index is 11.0. The van der Waals surface area contributed by atoms with Crippen molar-refractivity contribution in [3.63, 3.8) is 0 Å². The number of halogens is 1. The molecule has 0 spiro atoms. The maximum Gasteiger partial charge on any atom is 0.321 e. The SMILES string of the molecule is O=C(O)C(CSc1ccc(Cl)cn1)NC1CC1. The standard InChI is InChI=1S/C11H13ClN2O2S/c12-7-1-4-10(13-5-7)17-6-9(11(15)16)14-8-2-3-8/h1,4-5,8-9,14H,2-3,6H2,(H,15,16). The number of nitrogens with zero attached hydrogens (tertiary/aromatic N) is 1. The van der Waals surface area contributed by atoms with Crippen molar-refractivity contribution in [1.29, 1.82) is 0 Å². The summed E-state index contributed by atoms with van der Waals surface area (Å²) in [5, 5.41) is 13.5. The van der Waals surface area contributed by atoms with E-state index in [2.05, 4.69) is 10.3 Å². The highest BCUT2D eigenvalue weighted by molar-refractivity contribution is 7.99. The summed E-state index contributed by atoms with van der Waals surface area (Å²) >= 11 is 7.15. The Bertz CT molecular complexity index is 395. The summed E-state index contributed by atoms with van der Waals surface area (Å²) in [6, 6.07) is 3.42. The van der Waals surface area contributed by atoms with Gasteiger partial charge in [0.1, 0.15) is 6.04 Å². The molecule has 6 heteroatoms. The second-order valence-electron chi connectivity index (χ2n) is 3.96. The number of rotatable bonds is 6. The smallest absolute Gasteiger partial charge is 0.321 e. The molecule has 1 aromatic rings. The molecule has 1 fully saturated rings. The zero-order valence-corrected chi connectivity index (χ0v) is 10.7. The predicted octanol–water partition coefficient (Wildman–Crippen LogP) is 2.03. The van der Waals surface area contributed by atoms with Crippen molar-refractivity contribution in [2.45, 2.75) is 30.0 Å². The number of nitrogens with one attached hydrogen (secondary N) is 1. The molecule has 2 rings (SSSR count). The van der Waals surface area contributed by atoms with E-state index in [-0.39, 0.29) is 0 Å². The molecule has 1 unspecified atom stereocenters. The number of carboxylic acids is 1. The lowest BCUT2D eigenvalue weighted by Gasteiger charge is -2.12. The second kappa shape index (κ2) is 5.71. The van der Waals surface area contributed by atoms with Gasteiger partial charge in [0.05, 0.1) is 10.0 Å². The number of hydrogen-bond acceptors (Lipinski definition) is 4. The van der Waals surface area contributed by atoms with Gasteiger partial charge in [0, 0.05) is 18.0 Å². The van der Waals surface area contributed by atoms with Gasteiger partial charge in [0.2, 0.25) is 0 Å². The van der Waals surface area contributed by atoms with E-state index in [0.717, 1.165) is 17.9 Å².